The zero-order valence-corrected chi connectivity index (χ0v) is 12.7. The van der Waals surface area contributed by atoms with Crippen molar-refractivity contribution >= 4 is 21.5 Å². The topological polar surface area (TPSA) is 105 Å². The molecule has 0 fully saturated rings. The number of nitriles is 1. The summed E-state index contributed by atoms with van der Waals surface area (Å²) in [6, 6.07) is 8.57. The minimum Gasteiger partial charge on any atom is -0.382 e. The second-order valence-electron chi connectivity index (χ2n) is 4.78. The fourth-order valence-electron chi connectivity index (χ4n) is 1.93. The maximum Gasteiger partial charge on any atom is 0.182 e. The highest BCUT2D eigenvalue weighted by atomic mass is 32.2. The van der Waals surface area contributed by atoms with Gasteiger partial charge in [-0.25, -0.2) is 13.1 Å². The number of sulfone groups is 1. The van der Waals surface area contributed by atoms with Crippen LogP contribution in [0.5, 0.6) is 0 Å². The summed E-state index contributed by atoms with van der Waals surface area (Å²) in [6.07, 6.45) is 1.09. The second kappa shape index (κ2) is 5.10. The van der Waals surface area contributed by atoms with E-state index in [0.29, 0.717) is 11.3 Å². The van der Waals surface area contributed by atoms with Gasteiger partial charge < -0.3 is 10.6 Å². The van der Waals surface area contributed by atoms with Gasteiger partial charge in [0.25, 0.3) is 0 Å². The lowest BCUT2D eigenvalue weighted by Crippen LogP contribution is -2.13. The molecule has 0 spiro atoms. The van der Waals surface area contributed by atoms with Crippen molar-refractivity contribution in [2.45, 2.75) is 4.90 Å². The molecular formula is C13H15N5O2S. The lowest BCUT2D eigenvalue weighted by molar-refractivity contribution is 0.602. The standard InChI is InChI=1S/C13H15N5O2S/c1-17(2)13-11(21(3,19)20)12(15)18(16-13)10-6-4-9(8-14)5-7-10/h4-7H,15H2,1-3H3. The van der Waals surface area contributed by atoms with Gasteiger partial charge in [-0.15, -0.1) is 5.10 Å². The molecule has 0 aliphatic carbocycles. The number of rotatable bonds is 3. The highest BCUT2D eigenvalue weighted by Gasteiger charge is 2.25. The number of nitrogen functional groups attached to an aromatic ring is 1. The van der Waals surface area contributed by atoms with E-state index in [1.54, 1.807) is 43.3 Å². The Bertz CT molecular complexity index is 813. The number of hydrogen-bond donors (Lipinski definition) is 1. The maximum atomic E-state index is 11.9. The van der Waals surface area contributed by atoms with Gasteiger partial charge in [0.15, 0.2) is 20.6 Å². The Morgan fingerprint density at radius 3 is 2.24 bits per heavy atom. The van der Waals surface area contributed by atoms with Crippen molar-refractivity contribution in [1.82, 2.24) is 9.78 Å². The molecule has 0 aliphatic rings. The largest absolute Gasteiger partial charge is 0.382 e. The molecule has 0 unspecified atom stereocenters. The van der Waals surface area contributed by atoms with Crippen LogP contribution in [0.25, 0.3) is 5.69 Å². The maximum absolute atomic E-state index is 11.9. The molecule has 0 atom stereocenters. The fourth-order valence-corrected chi connectivity index (χ4v) is 2.95. The highest BCUT2D eigenvalue weighted by Crippen LogP contribution is 2.30. The van der Waals surface area contributed by atoms with E-state index in [1.807, 2.05) is 6.07 Å². The van der Waals surface area contributed by atoms with Crippen molar-refractivity contribution in [3.05, 3.63) is 29.8 Å². The Labute approximate surface area is 123 Å². The van der Waals surface area contributed by atoms with Gasteiger partial charge in [0.2, 0.25) is 0 Å². The van der Waals surface area contributed by atoms with Crippen molar-refractivity contribution in [3.8, 4) is 11.8 Å². The van der Waals surface area contributed by atoms with E-state index in [9.17, 15) is 8.42 Å². The van der Waals surface area contributed by atoms with E-state index in [2.05, 4.69) is 5.10 Å². The van der Waals surface area contributed by atoms with Crippen LogP contribution in [0, 0.1) is 11.3 Å². The molecule has 1 aromatic carbocycles. The number of benzene rings is 1. The average Bonchev–Trinajstić information content (AvgIpc) is 2.76. The number of anilines is 2. The summed E-state index contributed by atoms with van der Waals surface area (Å²) >= 11 is 0. The normalized spacial score (nSPS) is 11.1. The Hall–Kier alpha value is -2.53. The van der Waals surface area contributed by atoms with Crippen molar-refractivity contribution in [3.63, 3.8) is 0 Å². The average molecular weight is 305 g/mol. The number of hydrogen-bond acceptors (Lipinski definition) is 6. The minimum atomic E-state index is -3.51. The van der Waals surface area contributed by atoms with E-state index in [1.165, 1.54) is 4.68 Å². The zero-order chi connectivity index (χ0) is 15.8. The van der Waals surface area contributed by atoms with Crippen molar-refractivity contribution in [2.75, 3.05) is 31.0 Å². The van der Waals surface area contributed by atoms with Gasteiger partial charge in [0.05, 0.1) is 17.3 Å². The van der Waals surface area contributed by atoms with E-state index in [0.717, 1.165) is 6.26 Å². The van der Waals surface area contributed by atoms with Gasteiger partial charge in [-0.2, -0.15) is 5.26 Å². The zero-order valence-electron chi connectivity index (χ0n) is 11.9. The Kier molecular flexibility index (Phi) is 3.61. The van der Waals surface area contributed by atoms with Crippen LogP contribution >= 0.6 is 0 Å². The molecule has 0 amide bonds. The number of nitrogens with two attached hydrogens (primary N) is 1. The molecule has 0 saturated carbocycles. The molecule has 0 saturated heterocycles. The van der Waals surface area contributed by atoms with Crippen LogP contribution in [0.15, 0.2) is 29.2 Å². The molecule has 7 nitrogen and oxygen atoms in total. The van der Waals surface area contributed by atoms with Crippen molar-refractivity contribution in [1.29, 1.82) is 5.26 Å². The lowest BCUT2D eigenvalue weighted by Gasteiger charge is -2.09. The first-order valence-electron chi connectivity index (χ1n) is 6.02. The molecule has 1 aromatic heterocycles. The SMILES string of the molecule is CN(C)c1nn(-c2ccc(C#N)cc2)c(N)c1S(C)(=O)=O. The molecule has 2 aromatic rings. The molecule has 2 rings (SSSR count). The molecule has 0 bridgehead atoms. The second-order valence-corrected chi connectivity index (χ2v) is 6.73. The summed E-state index contributed by atoms with van der Waals surface area (Å²) in [5, 5.41) is 13.1. The highest BCUT2D eigenvalue weighted by molar-refractivity contribution is 7.91. The molecule has 110 valence electrons. The van der Waals surface area contributed by atoms with Gasteiger partial charge >= 0.3 is 0 Å². The molecule has 2 N–H and O–H groups in total. The molecule has 8 heteroatoms. The molecule has 21 heavy (non-hydrogen) atoms. The monoisotopic (exact) mass is 305 g/mol. The van der Waals surface area contributed by atoms with Crippen molar-refractivity contribution < 1.29 is 8.42 Å². The molecule has 0 radical (unpaired) electrons. The molecule has 0 aliphatic heterocycles. The van der Waals surface area contributed by atoms with Crippen LogP contribution in [-0.2, 0) is 9.84 Å². The van der Waals surface area contributed by atoms with E-state index < -0.39 is 9.84 Å². The van der Waals surface area contributed by atoms with Crippen LogP contribution < -0.4 is 10.6 Å². The quantitative estimate of drug-likeness (QED) is 0.899. The van der Waals surface area contributed by atoms with Gasteiger partial charge in [-0.1, -0.05) is 0 Å². The minimum absolute atomic E-state index is 0.00291. The van der Waals surface area contributed by atoms with Gasteiger partial charge in [0.1, 0.15) is 5.82 Å². The van der Waals surface area contributed by atoms with Crippen molar-refractivity contribution in [2.24, 2.45) is 0 Å². The van der Waals surface area contributed by atoms with Crippen LogP contribution in [0.3, 0.4) is 0 Å². The van der Waals surface area contributed by atoms with Gasteiger partial charge in [-0.05, 0) is 24.3 Å². The predicted octanol–water partition coefficient (Wildman–Crippen LogP) is 0.796. The Balaban J connectivity index is 2.68. The van der Waals surface area contributed by atoms with Crippen LogP contribution in [-0.4, -0.2) is 38.5 Å². The number of nitrogens with zero attached hydrogens (tertiary/aromatic N) is 4. The van der Waals surface area contributed by atoms with E-state index in [-0.39, 0.29) is 16.5 Å². The fraction of sp³-hybridized carbons (Fsp3) is 0.231. The number of aromatic nitrogens is 2. The summed E-state index contributed by atoms with van der Waals surface area (Å²) in [7, 11) is -0.123. The van der Waals surface area contributed by atoms with Crippen LogP contribution in [0.1, 0.15) is 5.56 Å². The summed E-state index contributed by atoms with van der Waals surface area (Å²) < 4.78 is 25.2. The summed E-state index contributed by atoms with van der Waals surface area (Å²) in [5.41, 5.74) is 7.05. The third-order valence-corrected chi connectivity index (χ3v) is 4.03. The van der Waals surface area contributed by atoms with E-state index >= 15 is 0 Å². The third-order valence-electron chi connectivity index (χ3n) is 2.89. The van der Waals surface area contributed by atoms with Crippen LogP contribution in [0.2, 0.25) is 0 Å². The summed E-state index contributed by atoms with van der Waals surface area (Å²) in [4.78, 5) is 1.59. The van der Waals surface area contributed by atoms with Crippen LogP contribution in [0.4, 0.5) is 11.6 Å². The summed E-state index contributed by atoms with van der Waals surface area (Å²) in [5.74, 6) is 0.324. The van der Waals surface area contributed by atoms with E-state index in [4.69, 9.17) is 11.0 Å². The third kappa shape index (κ3) is 2.68. The Morgan fingerprint density at radius 2 is 1.86 bits per heavy atom. The van der Waals surface area contributed by atoms with Gasteiger partial charge in [-0.3, -0.25) is 0 Å². The smallest absolute Gasteiger partial charge is 0.182 e. The molecule has 1 heterocycles. The first-order chi connectivity index (χ1) is 9.75. The first-order valence-corrected chi connectivity index (χ1v) is 7.91. The summed E-state index contributed by atoms with van der Waals surface area (Å²) in [6.45, 7) is 0. The Morgan fingerprint density at radius 1 is 1.29 bits per heavy atom. The lowest BCUT2D eigenvalue weighted by atomic mass is 10.2. The first kappa shape index (κ1) is 14.9. The predicted molar refractivity (Wildman–Crippen MR) is 80.1 cm³/mol. The molecular weight excluding hydrogens is 290 g/mol. The van der Waals surface area contributed by atoms with Gasteiger partial charge in [0, 0.05) is 20.4 Å².